The molecule has 26 heteroatoms. The fraction of sp³-hybridized carbons (Fsp3) is 0.889. The highest BCUT2D eigenvalue weighted by Gasteiger charge is 2.60. The van der Waals surface area contributed by atoms with Crippen LogP contribution in [0.2, 0.25) is 0 Å². The molecule has 19 atom stereocenters. The van der Waals surface area contributed by atoms with Crippen LogP contribution in [-0.2, 0) is 70.7 Å². The van der Waals surface area contributed by atoms with E-state index in [0.29, 0.717) is 44.4 Å². The lowest BCUT2D eigenvalue weighted by atomic mass is 9.84. The Morgan fingerprint density at radius 2 is 0.698 bits per heavy atom. The Labute approximate surface area is 697 Å². The van der Waals surface area contributed by atoms with Crippen LogP contribution in [0.25, 0.3) is 0 Å². The van der Waals surface area contributed by atoms with Gasteiger partial charge in [-0.3, -0.25) is 28.2 Å². The van der Waals surface area contributed by atoms with Crippen LogP contribution in [0.15, 0.2) is 36.5 Å². The number of allylic oxidation sites excluding steroid dienone is 6. The summed E-state index contributed by atoms with van der Waals surface area (Å²) in [5.74, 6) is -2.33. The smallest absolute Gasteiger partial charge is 0.463 e. The summed E-state index contributed by atoms with van der Waals surface area (Å²) in [7, 11) is -5.82. The molecule has 0 aromatic carbocycles. The maximum absolute atomic E-state index is 14.9. The van der Waals surface area contributed by atoms with Crippen molar-refractivity contribution in [3.63, 3.8) is 0 Å². The summed E-state index contributed by atoms with van der Waals surface area (Å²) in [6.07, 6.45) is 27.4. The van der Waals surface area contributed by atoms with Gasteiger partial charge in [-0.25, -0.2) is 4.57 Å². The van der Waals surface area contributed by atoms with Gasteiger partial charge in [-0.1, -0.05) is 283 Å². The molecule has 2 heterocycles. The van der Waals surface area contributed by atoms with Crippen molar-refractivity contribution in [3.05, 3.63) is 36.5 Å². The third kappa shape index (κ3) is 48.5. The first-order valence-corrected chi connectivity index (χ1v) is 47.6. The van der Waals surface area contributed by atoms with Gasteiger partial charge in [0.15, 0.2) is 24.8 Å². The van der Waals surface area contributed by atoms with E-state index in [1.54, 1.807) is 0 Å². The summed E-state index contributed by atoms with van der Waals surface area (Å²) in [5.41, 5.74) is 0. The molecule has 2 saturated heterocycles. The number of esters is 4. The molecule has 1 aliphatic carbocycles. The van der Waals surface area contributed by atoms with Crippen molar-refractivity contribution in [2.75, 3.05) is 26.4 Å². The second-order valence-corrected chi connectivity index (χ2v) is 34.5. The number of hydrogen-bond acceptors (Lipinski definition) is 24. The number of ether oxygens (including phenoxy) is 8. The number of phosphoric ester groups is 1. The maximum atomic E-state index is 14.9. The lowest BCUT2D eigenvalue weighted by Crippen LogP contribution is -2.70. The van der Waals surface area contributed by atoms with Gasteiger partial charge in [0.05, 0.1) is 13.2 Å². The molecule has 25 nitrogen and oxygen atoms in total. The highest BCUT2D eigenvalue weighted by molar-refractivity contribution is 7.47. The number of carbonyl (C=O) groups is 4. The number of hydrogen-bond donors (Lipinski definition) is 10. The van der Waals surface area contributed by atoms with Crippen molar-refractivity contribution in [2.45, 2.75) is 479 Å². The summed E-state index contributed by atoms with van der Waals surface area (Å²) in [4.78, 5) is 66.4. The molecule has 3 fully saturated rings. The Balaban J connectivity index is 1.93. The van der Waals surface area contributed by atoms with E-state index in [1.807, 2.05) is 0 Å². The molecule has 0 spiro atoms. The molecule has 19 unspecified atom stereocenters. The fourth-order valence-corrected chi connectivity index (χ4v) is 16.0. The van der Waals surface area contributed by atoms with E-state index < -0.39 is 162 Å². The van der Waals surface area contributed by atoms with E-state index in [2.05, 4.69) is 71.1 Å². The van der Waals surface area contributed by atoms with E-state index in [-0.39, 0.29) is 32.1 Å². The van der Waals surface area contributed by atoms with Crippen LogP contribution in [0.1, 0.15) is 375 Å². The first-order chi connectivity index (χ1) is 56.1. The second kappa shape index (κ2) is 68.2. The zero-order valence-corrected chi connectivity index (χ0v) is 73.1. The van der Waals surface area contributed by atoms with E-state index in [9.17, 15) is 74.6 Å². The molecule has 0 bridgehead atoms. The molecule has 0 aromatic rings. The van der Waals surface area contributed by atoms with Gasteiger partial charge in [0.25, 0.3) is 0 Å². The zero-order chi connectivity index (χ0) is 84.8. The maximum Gasteiger partial charge on any atom is 0.472 e. The summed E-state index contributed by atoms with van der Waals surface area (Å²) >= 11 is 0. The summed E-state index contributed by atoms with van der Waals surface area (Å²) in [6, 6.07) is 0. The minimum Gasteiger partial charge on any atom is -0.463 e. The molecule has 3 rings (SSSR count). The van der Waals surface area contributed by atoms with E-state index in [0.717, 1.165) is 135 Å². The van der Waals surface area contributed by atoms with Crippen molar-refractivity contribution in [2.24, 2.45) is 5.92 Å². The molecule has 0 amide bonds. The zero-order valence-electron chi connectivity index (χ0n) is 72.2. The van der Waals surface area contributed by atoms with Gasteiger partial charge in [0.1, 0.15) is 92.6 Å². The van der Waals surface area contributed by atoms with E-state index >= 15 is 0 Å². The summed E-state index contributed by atoms with van der Waals surface area (Å²) in [5, 5.41) is 102. The van der Waals surface area contributed by atoms with Crippen LogP contribution in [0.4, 0.5) is 0 Å². The van der Waals surface area contributed by atoms with Crippen LogP contribution in [0, 0.1) is 5.92 Å². The number of carbonyl (C=O) groups excluding carboxylic acids is 4. The number of aliphatic hydroxyl groups is 9. The minimum absolute atomic E-state index is 0.0106. The normalized spacial score (nSPS) is 25.6. The van der Waals surface area contributed by atoms with Crippen molar-refractivity contribution < 1.29 is 122 Å². The predicted molar refractivity (Wildman–Crippen MR) is 449 cm³/mol. The lowest BCUT2D eigenvalue weighted by Gasteiger charge is -2.50. The molecule has 0 aromatic heterocycles. The van der Waals surface area contributed by atoms with Gasteiger partial charge in [-0.05, 0) is 109 Å². The predicted octanol–water partition coefficient (Wildman–Crippen LogP) is 16.6. The van der Waals surface area contributed by atoms with Gasteiger partial charge in [-0.15, -0.1) is 0 Å². The average Bonchev–Trinajstić information content (AvgIpc) is 0.755. The molecule has 0 radical (unpaired) electrons. The molecule has 116 heavy (non-hydrogen) atoms. The highest BCUT2D eigenvalue weighted by atomic mass is 31.2. The van der Waals surface area contributed by atoms with Gasteiger partial charge >= 0.3 is 31.7 Å². The first kappa shape index (κ1) is 107. The van der Waals surface area contributed by atoms with Crippen molar-refractivity contribution in [1.29, 1.82) is 0 Å². The number of unbranched alkanes of at least 4 members (excludes halogenated alkanes) is 39. The Bertz CT molecular complexity index is 2580. The standard InChI is InChI=1S/C90H163O25P/c1-6-10-14-18-22-25-28-31-32-35-38-40-43-51-57-63-75(94)109-70(66-106-73(92)61-55-49-42-39-36-33-29-26-23-19-15-11-7-2)67-108-116(104,105)115-88-86(113-89-83(102)79(98)77(96)71(65-91)110-89)82(101)81(100)85(112-76(95)64-58-52-44-41-37-34-30-27-24-20-16-12-8-3)87(88)114-90-84(103)80(99)78(97)72(111-90)68-107-74(93)62-56-50-46-45-48-54-60-69(5)59-53-47-21-17-13-9-4/h25,28,33-34,36-37,69-72,77-91,96-103H,6-24,26-27,29-32,35,38-68H2,1-5H3,(H,104,105)/b28-25-,36-33-,37-34-. The molecule has 2 aliphatic heterocycles. The highest BCUT2D eigenvalue weighted by Crippen LogP contribution is 2.49. The molecule has 10 N–H and O–H groups in total. The fourth-order valence-electron chi connectivity index (χ4n) is 15.0. The van der Waals surface area contributed by atoms with Crippen LogP contribution in [0.5, 0.6) is 0 Å². The van der Waals surface area contributed by atoms with Gasteiger partial charge in [-0.2, -0.15) is 0 Å². The van der Waals surface area contributed by atoms with E-state index in [1.165, 1.54) is 135 Å². The largest absolute Gasteiger partial charge is 0.472 e. The molecule has 3 aliphatic rings. The molecular formula is C90H163O25P. The summed E-state index contributed by atoms with van der Waals surface area (Å²) < 4.78 is 73.3. The van der Waals surface area contributed by atoms with Crippen molar-refractivity contribution in [3.8, 4) is 0 Å². The third-order valence-electron chi connectivity index (χ3n) is 22.5. The topological polar surface area (TPSA) is 380 Å². The monoisotopic (exact) mass is 1680 g/mol. The quantitative estimate of drug-likeness (QED) is 0.00889. The molecule has 1 saturated carbocycles. The van der Waals surface area contributed by atoms with Gasteiger partial charge in [0, 0.05) is 25.7 Å². The van der Waals surface area contributed by atoms with Crippen molar-refractivity contribution >= 4 is 31.7 Å². The molecule has 678 valence electrons. The van der Waals surface area contributed by atoms with Crippen LogP contribution >= 0.6 is 7.82 Å². The van der Waals surface area contributed by atoms with Crippen LogP contribution < -0.4 is 0 Å². The number of aliphatic hydroxyl groups excluding tert-OH is 9. The second-order valence-electron chi connectivity index (χ2n) is 33.1. The average molecular weight is 1680 g/mol. The van der Waals surface area contributed by atoms with E-state index in [4.69, 9.17) is 46.9 Å². The first-order valence-electron chi connectivity index (χ1n) is 46.1. The Hall–Kier alpha value is -3.31. The minimum atomic E-state index is -5.82. The van der Waals surface area contributed by atoms with Crippen LogP contribution in [-0.4, -0.2) is 205 Å². The third-order valence-corrected chi connectivity index (χ3v) is 23.5. The van der Waals surface area contributed by atoms with Gasteiger partial charge in [0.2, 0.25) is 0 Å². The van der Waals surface area contributed by atoms with Crippen molar-refractivity contribution in [1.82, 2.24) is 0 Å². The number of rotatable bonds is 73. The Kier molecular flexibility index (Phi) is 62.8. The number of phosphoric acid groups is 1. The van der Waals surface area contributed by atoms with Crippen LogP contribution in [0.3, 0.4) is 0 Å². The lowest BCUT2D eigenvalue weighted by molar-refractivity contribution is -0.360. The Morgan fingerprint density at radius 1 is 0.362 bits per heavy atom. The van der Waals surface area contributed by atoms with Gasteiger partial charge < -0.3 is 88.7 Å². The summed E-state index contributed by atoms with van der Waals surface area (Å²) in [6.45, 7) is 7.84. The molecular weight excluding hydrogens is 1510 g/mol. The SMILES string of the molecule is CCCCCC/C=C\CCCCCCCCCC(=O)OC(COC(=O)CCCCC/C=C\CCCCCCCC)COP(=O)(O)OC1C(OC2OC(CO)C(O)C(O)C2O)C(O)C(O)C(OC(=O)CCCCC/C=C\CCCCCCCC)C1OC1OC(COC(=O)CCCCCCCCC(C)CCCCCCCC)C(O)C(O)C1O. The Morgan fingerprint density at radius 3 is 1.13 bits per heavy atom.